The number of benzene rings is 1. The van der Waals surface area contributed by atoms with Crippen LogP contribution >= 0.6 is 24.8 Å². The number of nitrogens with zero attached hydrogens (tertiary/aromatic N) is 1. The summed E-state index contributed by atoms with van der Waals surface area (Å²) in [5, 5.41) is 6.83. The Balaban J connectivity index is 0.00000150. The molecule has 1 aromatic carbocycles. The molecule has 3 atom stereocenters. The van der Waals surface area contributed by atoms with E-state index in [0.29, 0.717) is 19.2 Å². The standard InChI is InChI=1S/C22H27N3O2.2ClH/c26-21(24-12-5-13-27-19-8-4-11-23-16-19)22(14-17-6-2-1-3-7-17)15-18-9-10-20(22)25-18;;/h1-4,6-8,11,16,18,20,25H,5,9-10,12-15H2,(H,24,26);2*1H/t18-,20+,22+;;/m0../s1. The van der Waals surface area contributed by atoms with E-state index in [4.69, 9.17) is 4.74 Å². The molecule has 2 bridgehead atoms. The second-order valence-corrected chi connectivity index (χ2v) is 7.66. The predicted molar refractivity (Wildman–Crippen MR) is 119 cm³/mol. The minimum Gasteiger partial charge on any atom is -0.492 e. The highest BCUT2D eigenvalue weighted by atomic mass is 35.5. The van der Waals surface area contributed by atoms with Crippen molar-refractivity contribution >= 4 is 30.7 Å². The summed E-state index contributed by atoms with van der Waals surface area (Å²) in [6.45, 7) is 1.20. The van der Waals surface area contributed by atoms with Gasteiger partial charge in [0.1, 0.15) is 5.75 Å². The fraction of sp³-hybridized carbons (Fsp3) is 0.455. The van der Waals surface area contributed by atoms with Crippen LogP contribution in [-0.4, -0.2) is 36.1 Å². The maximum atomic E-state index is 13.2. The highest BCUT2D eigenvalue weighted by Crippen LogP contribution is 2.45. The van der Waals surface area contributed by atoms with Gasteiger partial charge in [0, 0.05) is 24.8 Å². The predicted octanol–water partition coefficient (Wildman–Crippen LogP) is 3.56. The minimum atomic E-state index is -0.325. The zero-order chi connectivity index (χ0) is 18.5. The Morgan fingerprint density at radius 2 is 2.00 bits per heavy atom. The van der Waals surface area contributed by atoms with Crippen molar-refractivity contribution in [2.45, 2.75) is 44.2 Å². The number of halogens is 2. The van der Waals surface area contributed by atoms with Crippen LogP contribution in [0.15, 0.2) is 54.9 Å². The first-order valence-electron chi connectivity index (χ1n) is 9.87. The summed E-state index contributed by atoms with van der Waals surface area (Å²) < 4.78 is 5.66. The quantitative estimate of drug-likeness (QED) is 0.619. The van der Waals surface area contributed by atoms with Gasteiger partial charge in [0.15, 0.2) is 0 Å². The first kappa shape index (κ1) is 23.5. The van der Waals surface area contributed by atoms with Gasteiger partial charge in [-0.2, -0.15) is 0 Å². The van der Waals surface area contributed by atoms with E-state index in [2.05, 4.69) is 39.9 Å². The van der Waals surface area contributed by atoms with E-state index in [1.807, 2.05) is 18.2 Å². The summed E-state index contributed by atoms with van der Waals surface area (Å²) in [7, 11) is 0. The lowest BCUT2D eigenvalue weighted by Crippen LogP contribution is -2.50. The molecule has 1 aromatic heterocycles. The number of hydrogen-bond acceptors (Lipinski definition) is 4. The Morgan fingerprint density at radius 3 is 2.66 bits per heavy atom. The lowest BCUT2D eigenvalue weighted by atomic mass is 9.69. The second kappa shape index (κ2) is 10.8. The molecule has 5 nitrogen and oxygen atoms in total. The molecule has 0 unspecified atom stereocenters. The smallest absolute Gasteiger partial charge is 0.228 e. The molecule has 2 saturated heterocycles. The molecule has 3 heterocycles. The number of amides is 1. The number of hydrogen-bond donors (Lipinski definition) is 2. The highest BCUT2D eigenvalue weighted by Gasteiger charge is 2.55. The third-order valence-corrected chi connectivity index (χ3v) is 5.84. The van der Waals surface area contributed by atoms with Gasteiger partial charge in [0.25, 0.3) is 0 Å². The zero-order valence-electron chi connectivity index (χ0n) is 16.4. The Morgan fingerprint density at radius 1 is 1.17 bits per heavy atom. The first-order valence-corrected chi connectivity index (χ1v) is 9.87. The molecule has 7 heteroatoms. The minimum absolute atomic E-state index is 0. The summed E-state index contributed by atoms with van der Waals surface area (Å²) in [6.07, 6.45) is 8.23. The van der Waals surface area contributed by atoms with Crippen LogP contribution in [0.1, 0.15) is 31.2 Å². The van der Waals surface area contributed by atoms with Crippen molar-refractivity contribution in [2.75, 3.05) is 13.2 Å². The molecule has 2 aliphatic rings. The normalized spacial score (nSPS) is 24.3. The van der Waals surface area contributed by atoms with Crippen molar-refractivity contribution < 1.29 is 9.53 Å². The van der Waals surface area contributed by atoms with Crippen molar-refractivity contribution in [3.8, 4) is 5.75 Å². The van der Waals surface area contributed by atoms with E-state index in [0.717, 1.165) is 31.4 Å². The lowest BCUT2D eigenvalue weighted by Gasteiger charge is -2.35. The van der Waals surface area contributed by atoms with E-state index in [9.17, 15) is 4.79 Å². The fourth-order valence-electron chi connectivity index (χ4n) is 4.56. The second-order valence-electron chi connectivity index (χ2n) is 7.66. The van der Waals surface area contributed by atoms with Crippen LogP contribution in [0.5, 0.6) is 5.75 Å². The average Bonchev–Trinajstić information content (AvgIpc) is 3.31. The zero-order valence-corrected chi connectivity index (χ0v) is 18.0. The molecular weight excluding hydrogens is 409 g/mol. The third-order valence-electron chi connectivity index (χ3n) is 5.84. The molecule has 2 aliphatic heterocycles. The molecule has 29 heavy (non-hydrogen) atoms. The molecule has 0 spiro atoms. The van der Waals surface area contributed by atoms with Crippen molar-refractivity contribution in [1.82, 2.24) is 15.6 Å². The number of aromatic nitrogens is 1. The highest BCUT2D eigenvalue weighted by molar-refractivity contribution is 5.86. The van der Waals surface area contributed by atoms with Crippen LogP contribution in [-0.2, 0) is 11.2 Å². The molecule has 0 radical (unpaired) electrons. The molecule has 2 aromatic rings. The SMILES string of the molecule is Cl.Cl.O=C(NCCCOc1cccnc1)[C@]1(Cc2ccccc2)C[C@@H]2CC[C@H]1N2. The third kappa shape index (κ3) is 5.41. The van der Waals surface area contributed by atoms with Gasteiger partial charge in [-0.15, -0.1) is 24.8 Å². The summed E-state index contributed by atoms with van der Waals surface area (Å²) in [5.41, 5.74) is 0.913. The maximum absolute atomic E-state index is 13.2. The maximum Gasteiger partial charge on any atom is 0.228 e. The van der Waals surface area contributed by atoms with E-state index in [1.165, 1.54) is 12.0 Å². The average molecular weight is 438 g/mol. The first-order chi connectivity index (χ1) is 13.3. The largest absolute Gasteiger partial charge is 0.492 e. The summed E-state index contributed by atoms with van der Waals surface area (Å²) in [6, 6.07) is 14.9. The Hall–Kier alpha value is -1.82. The lowest BCUT2D eigenvalue weighted by molar-refractivity contribution is -0.132. The van der Waals surface area contributed by atoms with Gasteiger partial charge in [0.2, 0.25) is 5.91 Å². The Bertz CT molecular complexity index is 763. The molecule has 1 amide bonds. The number of nitrogens with one attached hydrogen (secondary N) is 2. The number of pyridine rings is 1. The van der Waals surface area contributed by atoms with Crippen molar-refractivity contribution in [1.29, 1.82) is 0 Å². The Labute approximate surface area is 184 Å². The number of ether oxygens (including phenoxy) is 1. The van der Waals surface area contributed by atoms with E-state index in [-0.39, 0.29) is 42.2 Å². The topological polar surface area (TPSA) is 63.2 Å². The van der Waals surface area contributed by atoms with Crippen molar-refractivity contribution in [3.05, 3.63) is 60.4 Å². The van der Waals surface area contributed by atoms with Gasteiger partial charge in [0.05, 0.1) is 18.2 Å². The summed E-state index contributed by atoms with van der Waals surface area (Å²) in [4.78, 5) is 17.2. The molecular formula is C22H29Cl2N3O2. The number of rotatable bonds is 8. The fourth-order valence-corrected chi connectivity index (χ4v) is 4.56. The van der Waals surface area contributed by atoms with Gasteiger partial charge in [-0.1, -0.05) is 30.3 Å². The van der Waals surface area contributed by atoms with Gasteiger partial charge in [-0.3, -0.25) is 9.78 Å². The molecule has 2 N–H and O–H groups in total. The van der Waals surface area contributed by atoms with Crippen LogP contribution in [0.2, 0.25) is 0 Å². The van der Waals surface area contributed by atoms with Crippen molar-refractivity contribution in [3.63, 3.8) is 0 Å². The molecule has 0 saturated carbocycles. The summed E-state index contributed by atoms with van der Waals surface area (Å²) in [5.74, 6) is 0.953. The van der Waals surface area contributed by atoms with Gasteiger partial charge in [-0.25, -0.2) is 0 Å². The monoisotopic (exact) mass is 437 g/mol. The molecule has 0 aliphatic carbocycles. The molecule has 158 valence electrons. The summed E-state index contributed by atoms with van der Waals surface area (Å²) >= 11 is 0. The number of fused-ring (bicyclic) bond motifs is 2. The molecule has 4 rings (SSSR count). The van der Waals surface area contributed by atoms with Crippen molar-refractivity contribution in [2.24, 2.45) is 5.41 Å². The number of carbonyl (C=O) groups excluding carboxylic acids is 1. The molecule has 2 fully saturated rings. The van der Waals surface area contributed by atoms with E-state index >= 15 is 0 Å². The van der Waals surface area contributed by atoms with Gasteiger partial charge in [-0.05, 0) is 49.8 Å². The Kier molecular flexibility index (Phi) is 8.75. The van der Waals surface area contributed by atoms with E-state index in [1.54, 1.807) is 12.4 Å². The van der Waals surface area contributed by atoms with Crippen LogP contribution < -0.4 is 15.4 Å². The van der Waals surface area contributed by atoms with Crippen LogP contribution in [0.3, 0.4) is 0 Å². The van der Waals surface area contributed by atoms with Crippen LogP contribution in [0.25, 0.3) is 0 Å². The number of carbonyl (C=O) groups is 1. The van der Waals surface area contributed by atoms with Gasteiger partial charge >= 0.3 is 0 Å². The van der Waals surface area contributed by atoms with Crippen LogP contribution in [0, 0.1) is 5.41 Å². The van der Waals surface area contributed by atoms with E-state index < -0.39 is 0 Å². The van der Waals surface area contributed by atoms with Crippen LogP contribution in [0.4, 0.5) is 0 Å². The van der Waals surface area contributed by atoms with Gasteiger partial charge < -0.3 is 15.4 Å².